The molecular formula is C18H15N3O. The minimum atomic E-state index is -0.00219. The Bertz CT molecular complexity index is 759. The Hall–Kier alpha value is -2.93. The van der Waals surface area contributed by atoms with Crippen molar-refractivity contribution in [3.05, 3.63) is 71.3 Å². The van der Waals surface area contributed by atoms with Gasteiger partial charge in [-0.05, 0) is 23.3 Å². The van der Waals surface area contributed by atoms with E-state index in [1.165, 1.54) is 5.01 Å². The molecule has 2 aromatic rings. The molecule has 0 bridgehead atoms. The molecule has 1 amide bonds. The molecule has 0 fully saturated rings. The van der Waals surface area contributed by atoms with E-state index in [0.29, 0.717) is 18.5 Å². The van der Waals surface area contributed by atoms with Crippen molar-refractivity contribution in [3.63, 3.8) is 0 Å². The summed E-state index contributed by atoms with van der Waals surface area (Å²) in [6, 6.07) is 19.1. The van der Waals surface area contributed by atoms with Crippen LogP contribution in [0.2, 0.25) is 0 Å². The first-order valence-electron chi connectivity index (χ1n) is 7.18. The number of carbonyl (C=O) groups excluding carboxylic acids is 1. The third-order valence-electron chi connectivity index (χ3n) is 3.61. The van der Waals surface area contributed by atoms with Crippen LogP contribution in [0.5, 0.6) is 0 Å². The predicted octanol–water partition coefficient (Wildman–Crippen LogP) is 2.74. The molecule has 4 nitrogen and oxygen atoms in total. The van der Waals surface area contributed by atoms with Crippen LogP contribution in [-0.4, -0.2) is 23.2 Å². The van der Waals surface area contributed by atoms with Crippen LogP contribution in [0, 0.1) is 11.3 Å². The van der Waals surface area contributed by atoms with Gasteiger partial charge in [0.15, 0.2) is 0 Å². The van der Waals surface area contributed by atoms with E-state index < -0.39 is 0 Å². The van der Waals surface area contributed by atoms with E-state index in [0.717, 1.165) is 23.3 Å². The molecule has 1 heterocycles. The van der Waals surface area contributed by atoms with Gasteiger partial charge in [0, 0.05) is 6.42 Å². The molecule has 0 unspecified atom stereocenters. The normalized spacial score (nSPS) is 13.6. The van der Waals surface area contributed by atoms with Crippen molar-refractivity contribution in [3.8, 4) is 6.07 Å². The molecule has 0 saturated carbocycles. The zero-order valence-electron chi connectivity index (χ0n) is 12.1. The van der Waals surface area contributed by atoms with E-state index in [-0.39, 0.29) is 5.91 Å². The van der Waals surface area contributed by atoms with Crippen LogP contribution < -0.4 is 0 Å². The molecule has 3 rings (SSSR count). The van der Waals surface area contributed by atoms with Crippen molar-refractivity contribution in [2.24, 2.45) is 5.10 Å². The first kappa shape index (κ1) is 14.0. The van der Waals surface area contributed by atoms with E-state index in [1.807, 2.05) is 48.5 Å². The van der Waals surface area contributed by atoms with Gasteiger partial charge in [0.25, 0.3) is 0 Å². The number of rotatable bonds is 3. The Morgan fingerprint density at radius 3 is 2.77 bits per heavy atom. The van der Waals surface area contributed by atoms with Crippen LogP contribution in [0.25, 0.3) is 0 Å². The molecular weight excluding hydrogens is 274 g/mol. The van der Waals surface area contributed by atoms with Gasteiger partial charge < -0.3 is 0 Å². The van der Waals surface area contributed by atoms with Crippen LogP contribution in [0.15, 0.2) is 59.7 Å². The lowest BCUT2D eigenvalue weighted by atomic mass is 10.1. The zero-order valence-corrected chi connectivity index (χ0v) is 12.1. The van der Waals surface area contributed by atoms with Crippen molar-refractivity contribution in [1.29, 1.82) is 5.26 Å². The summed E-state index contributed by atoms with van der Waals surface area (Å²) in [5.41, 5.74) is 3.37. The quantitative estimate of drug-likeness (QED) is 0.872. The summed E-state index contributed by atoms with van der Waals surface area (Å²) in [6.07, 6.45) is 1.07. The molecule has 108 valence electrons. The fourth-order valence-electron chi connectivity index (χ4n) is 2.47. The fraction of sp³-hybridized carbons (Fsp3) is 0.167. The molecule has 0 radical (unpaired) electrons. The minimum Gasteiger partial charge on any atom is -0.273 e. The third kappa shape index (κ3) is 3.04. The van der Waals surface area contributed by atoms with E-state index in [1.54, 1.807) is 6.07 Å². The minimum absolute atomic E-state index is 0.00219. The highest BCUT2D eigenvalue weighted by atomic mass is 16.2. The molecule has 2 aromatic carbocycles. The second kappa shape index (κ2) is 6.23. The molecule has 0 saturated heterocycles. The van der Waals surface area contributed by atoms with Crippen LogP contribution in [0.3, 0.4) is 0 Å². The summed E-state index contributed by atoms with van der Waals surface area (Å²) in [5, 5.41) is 14.9. The summed E-state index contributed by atoms with van der Waals surface area (Å²) in [7, 11) is 0. The van der Waals surface area contributed by atoms with Gasteiger partial charge in [-0.3, -0.25) is 4.79 Å². The number of amides is 1. The van der Waals surface area contributed by atoms with Gasteiger partial charge in [-0.1, -0.05) is 42.5 Å². The second-order valence-electron chi connectivity index (χ2n) is 5.17. The van der Waals surface area contributed by atoms with Crippen molar-refractivity contribution < 1.29 is 4.79 Å². The molecule has 1 aliphatic rings. The van der Waals surface area contributed by atoms with E-state index in [9.17, 15) is 4.79 Å². The molecule has 0 atom stereocenters. The molecule has 0 N–H and O–H groups in total. The molecule has 4 heteroatoms. The van der Waals surface area contributed by atoms with E-state index in [2.05, 4.69) is 11.2 Å². The average molecular weight is 289 g/mol. The number of hydrogen-bond donors (Lipinski definition) is 0. The van der Waals surface area contributed by atoms with Crippen LogP contribution in [0.1, 0.15) is 23.1 Å². The van der Waals surface area contributed by atoms with Gasteiger partial charge in [0.2, 0.25) is 5.91 Å². The Morgan fingerprint density at radius 2 is 2.00 bits per heavy atom. The lowest BCUT2D eigenvalue weighted by Crippen LogP contribution is -2.25. The number of hydrogen-bond acceptors (Lipinski definition) is 3. The molecule has 1 aliphatic heterocycles. The number of carbonyl (C=O) groups is 1. The largest absolute Gasteiger partial charge is 0.273 e. The summed E-state index contributed by atoms with van der Waals surface area (Å²) < 4.78 is 0. The molecule has 0 spiro atoms. The number of nitrogens with zero attached hydrogens (tertiary/aromatic N) is 3. The highest BCUT2D eigenvalue weighted by molar-refractivity contribution is 6.02. The number of nitriles is 1. The smallest absolute Gasteiger partial charge is 0.247 e. The van der Waals surface area contributed by atoms with Gasteiger partial charge in [-0.25, -0.2) is 5.01 Å². The topological polar surface area (TPSA) is 56.5 Å². The number of benzene rings is 2. The lowest BCUT2D eigenvalue weighted by molar-refractivity contribution is -0.130. The van der Waals surface area contributed by atoms with Crippen LogP contribution >= 0.6 is 0 Å². The van der Waals surface area contributed by atoms with Crippen LogP contribution in [-0.2, 0) is 11.2 Å². The first-order chi connectivity index (χ1) is 10.8. The second-order valence-corrected chi connectivity index (χ2v) is 5.17. The lowest BCUT2D eigenvalue weighted by Gasteiger charge is -2.11. The molecule has 0 aliphatic carbocycles. The third-order valence-corrected chi connectivity index (χ3v) is 3.61. The Kier molecular flexibility index (Phi) is 3.97. The van der Waals surface area contributed by atoms with E-state index >= 15 is 0 Å². The van der Waals surface area contributed by atoms with E-state index in [4.69, 9.17) is 5.26 Å². The van der Waals surface area contributed by atoms with Gasteiger partial charge in [-0.15, -0.1) is 0 Å². The van der Waals surface area contributed by atoms with Gasteiger partial charge in [0.05, 0.1) is 30.3 Å². The highest BCUT2D eigenvalue weighted by Gasteiger charge is 2.21. The summed E-state index contributed by atoms with van der Waals surface area (Å²) in [5.74, 6) is -0.00219. The zero-order chi connectivity index (χ0) is 15.4. The Morgan fingerprint density at radius 1 is 1.18 bits per heavy atom. The standard InChI is InChI=1S/C18H15N3O/c19-13-15-7-4-8-16(11-15)17-9-10-21(20-17)18(22)12-14-5-2-1-3-6-14/h1-8,11H,9-10,12H2. The van der Waals surface area contributed by atoms with Gasteiger partial charge in [0.1, 0.15) is 0 Å². The Balaban J connectivity index is 1.74. The number of hydrazone groups is 1. The maximum Gasteiger partial charge on any atom is 0.247 e. The maximum atomic E-state index is 12.3. The summed E-state index contributed by atoms with van der Waals surface area (Å²) >= 11 is 0. The monoisotopic (exact) mass is 289 g/mol. The van der Waals surface area contributed by atoms with Gasteiger partial charge >= 0.3 is 0 Å². The highest BCUT2D eigenvalue weighted by Crippen LogP contribution is 2.16. The predicted molar refractivity (Wildman–Crippen MR) is 84.2 cm³/mol. The average Bonchev–Trinajstić information content (AvgIpc) is 3.06. The van der Waals surface area contributed by atoms with Crippen molar-refractivity contribution in [2.45, 2.75) is 12.8 Å². The summed E-state index contributed by atoms with van der Waals surface area (Å²) in [6.45, 7) is 0.595. The molecule has 0 aromatic heterocycles. The molecule has 22 heavy (non-hydrogen) atoms. The fourth-order valence-corrected chi connectivity index (χ4v) is 2.47. The van der Waals surface area contributed by atoms with Crippen molar-refractivity contribution >= 4 is 11.6 Å². The van der Waals surface area contributed by atoms with Crippen molar-refractivity contribution in [1.82, 2.24) is 5.01 Å². The van der Waals surface area contributed by atoms with Crippen LogP contribution in [0.4, 0.5) is 0 Å². The Labute approximate surface area is 129 Å². The first-order valence-corrected chi connectivity index (χ1v) is 7.18. The maximum absolute atomic E-state index is 12.3. The van der Waals surface area contributed by atoms with Crippen molar-refractivity contribution in [2.75, 3.05) is 6.54 Å². The SMILES string of the molecule is N#Cc1cccc(C2=NN(C(=O)Cc3ccccc3)CC2)c1. The summed E-state index contributed by atoms with van der Waals surface area (Å²) in [4.78, 5) is 12.3. The van der Waals surface area contributed by atoms with Gasteiger partial charge in [-0.2, -0.15) is 10.4 Å².